The molecule has 0 aromatic heterocycles. The van der Waals surface area contributed by atoms with Gasteiger partial charge in [0.15, 0.2) is 5.11 Å². The molecular formula is C16H16ClN3O2S. The Kier molecular flexibility index (Phi) is 3.83. The van der Waals surface area contributed by atoms with Gasteiger partial charge in [-0.1, -0.05) is 11.6 Å². The minimum atomic E-state index is -0.982. The number of nitriles is 1. The van der Waals surface area contributed by atoms with Crippen LogP contribution in [-0.4, -0.2) is 39.7 Å². The van der Waals surface area contributed by atoms with E-state index in [0.717, 1.165) is 6.42 Å². The molecule has 2 atom stereocenters. The molecule has 0 bridgehead atoms. The molecule has 1 aromatic rings. The molecule has 1 aromatic carbocycles. The minimum absolute atomic E-state index is 0.223. The molecule has 2 aliphatic rings. The van der Waals surface area contributed by atoms with Gasteiger partial charge in [0.1, 0.15) is 11.6 Å². The standard InChI is InChI=1S/C16H16ClN3O2S/c1-9-11(6-5-10(8-18)13(9)17)20-14(22)16(19(2)15(20)23)7-3-4-12(16)21/h5-6,12,21H,3-4,7H2,1-2H3/t12-,16-/m0/s1. The van der Waals surface area contributed by atoms with E-state index in [1.165, 1.54) is 4.90 Å². The number of aliphatic hydroxyl groups is 1. The third-order valence-electron chi connectivity index (χ3n) is 4.96. The monoisotopic (exact) mass is 349 g/mol. The average molecular weight is 350 g/mol. The highest BCUT2D eigenvalue weighted by atomic mass is 35.5. The fraction of sp³-hybridized carbons (Fsp3) is 0.438. The van der Waals surface area contributed by atoms with Crippen LogP contribution in [0.4, 0.5) is 5.69 Å². The van der Waals surface area contributed by atoms with Gasteiger partial charge >= 0.3 is 0 Å². The van der Waals surface area contributed by atoms with Crippen molar-refractivity contribution < 1.29 is 9.90 Å². The lowest BCUT2D eigenvalue weighted by Gasteiger charge is -2.32. The lowest BCUT2D eigenvalue weighted by Crippen LogP contribution is -2.53. The molecule has 1 amide bonds. The van der Waals surface area contributed by atoms with Crippen LogP contribution in [0, 0.1) is 18.3 Å². The second kappa shape index (κ2) is 5.45. The van der Waals surface area contributed by atoms with Gasteiger partial charge in [0, 0.05) is 7.05 Å². The molecule has 7 heteroatoms. The normalized spacial score (nSPS) is 27.2. The predicted octanol–water partition coefficient (Wildman–Crippen LogP) is 2.37. The molecule has 5 nitrogen and oxygen atoms in total. The molecule has 1 aliphatic heterocycles. The lowest BCUT2D eigenvalue weighted by atomic mass is 9.93. The van der Waals surface area contributed by atoms with E-state index in [4.69, 9.17) is 29.1 Å². The zero-order chi connectivity index (χ0) is 16.9. The highest BCUT2D eigenvalue weighted by molar-refractivity contribution is 7.80. The highest BCUT2D eigenvalue weighted by Crippen LogP contribution is 2.44. The smallest absolute Gasteiger partial charge is 0.261 e. The summed E-state index contributed by atoms with van der Waals surface area (Å²) >= 11 is 11.7. The van der Waals surface area contributed by atoms with Gasteiger partial charge in [-0.05, 0) is 56.1 Å². The van der Waals surface area contributed by atoms with Crippen molar-refractivity contribution in [2.75, 3.05) is 11.9 Å². The first-order chi connectivity index (χ1) is 10.9. The van der Waals surface area contributed by atoms with E-state index in [1.54, 1.807) is 31.0 Å². The van der Waals surface area contributed by atoms with Gasteiger partial charge in [0.05, 0.1) is 22.4 Å². The van der Waals surface area contributed by atoms with Gasteiger partial charge < -0.3 is 10.0 Å². The molecule has 1 saturated carbocycles. The van der Waals surface area contributed by atoms with Crippen LogP contribution in [0.1, 0.15) is 30.4 Å². The number of carbonyl (C=O) groups is 1. The SMILES string of the molecule is Cc1c(N2C(=O)[C@@]3(CCC[C@@H]3O)N(C)C2=S)ccc(C#N)c1Cl. The summed E-state index contributed by atoms with van der Waals surface area (Å²) in [6.07, 6.45) is 1.20. The van der Waals surface area contributed by atoms with Gasteiger partial charge in [-0.2, -0.15) is 5.26 Å². The Morgan fingerprint density at radius 3 is 2.78 bits per heavy atom. The number of benzene rings is 1. The van der Waals surface area contributed by atoms with Crippen molar-refractivity contribution in [3.8, 4) is 6.07 Å². The molecule has 2 fully saturated rings. The summed E-state index contributed by atoms with van der Waals surface area (Å²) in [5.41, 5.74) is 0.560. The van der Waals surface area contributed by atoms with Crippen molar-refractivity contribution in [3.63, 3.8) is 0 Å². The first-order valence-corrected chi connectivity index (χ1v) is 8.14. The second-order valence-corrected chi connectivity index (χ2v) is 6.74. The van der Waals surface area contributed by atoms with Gasteiger partial charge in [0.25, 0.3) is 5.91 Å². The van der Waals surface area contributed by atoms with Crippen molar-refractivity contribution in [3.05, 3.63) is 28.3 Å². The quantitative estimate of drug-likeness (QED) is 0.788. The van der Waals surface area contributed by atoms with E-state index in [-0.39, 0.29) is 5.91 Å². The minimum Gasteiger partial charge on any atom is -0.390 e. The van der Waals surface area contributed by atoms with Crippen molar-refractivity contribution in [1.29, 1.82) is 5.26 Å². The molecule has 0 radical (unpaired) electrons. The maximum atomic E-state index is 13.1. The molecule has 1 heterocycles. The van der Waals surface area contributed by atoms with E-state index in [9.17, 15) is 9.90 Å². The molecule has 1 spiro atoms. The Bertz CT molecular complexity index is 760. The number of anilines is 1. The summed E-state index contributed by atoms with van der Waals surface area (Å²) in [4.78, 5) is 16.2. The zero-order valence-electron chi connectivity index (χ0n) is 12.8. The number of hydrogen-bond acceptors (Lipinski definition) is 4. The Balaban J connectivity index is 2.12. The van der Waals surface area contributed by atoms with Crippen LogP contribution in [0.3, 0.4) is 0 Å². The molecule has 1 aliphatic carbocycles. The molecule has 23 heavy (non-hydrogen) atoms. The van der Waals surface area contributed by atoms with Gasteiger partial charge in [-0.15, -0.1) is 0 Å². The highest BCUT2D eigenvalue weighted by Gasteiger charge is 2.60. The van der Waals surface area contributed by atoms with Gasteiger partial charge in [-0.3, -0.25) is 9.69 Å². The van der Waals surface area contributed by atoms with Crippen LogP contribution >= 0.6 is 23.8 Å². The van der Waals surface area contributed by atoms with Crippen LogP contribution in [0.15, 0.2) is 12.1 Å². The van der Waals surface area contributed by atoms with Crippen molar-refractivity contribution in [2.45, 2.75) is 37.8 Å². The number of hydrogen-bond donors (Lipinski definition) is 1. The molecule has 1 saturated heterocycles. The summed E-state index contributed by atoms with van der Waals surface area (Å²) in [5, 5.41) is 20.1. The number of aliphatic hydroxyl groups excluding tert-OH is 1. The van der Waals surface area contributed by atoms with Crippen molar-refractivity contribution in [1.82, 2.24) is 4.90 Å². The summed E-state index contributed by atoms with van der Waals surface area (Å²) in [6.45, 7) is 1.75. The molecule has 120 valence electrons. The van der Waals surface area contributed by atoms with E-state index in [1.807, 2.05) is 6.07 Å². The van der Waals surface area contributed by atoms with Crippen LogP contribution in [-0.2, 0) is 4.79 Å². The average Bonchev–Trinajstić information content (AvgIpc) is 3.00. The maximum Gasteiger partial charge on any atom is 0.261 e. The van der Waals surface area contributed by atoms with E-state index in [0.29, 0.717) is 39.8 Å². The fourth-order valence-corrected chi connectivity index (χ4v) is 4.12. The Labute approximate surface area is 145 Å². The Hall–Kier alpha value is -1.68. The van der Waals surface area contributed by atoms with E-state index in [2.05, 4.69) is 0 Å². The van der Waals surface area contributed by atoms with Crippen LogP contribution < -0.4 is 4.90 Å². The largest absolute Gasteiger partial charge is 0.390 e. The summed E-state index contributed by atoms with van der Waals surface area (Å²) in [6, 6.07) is 5.28. The lowest BCUT2D eigenvalue weighted by molar-refractivity contribution is -0.128. The Morgan fingerprint density at radius 2 is 2.22 bits per heavy atom. The van der Waals surface area contributed by atoms with Gasteiger partial charge in [0.2, 0.25) is 0 Å². The van der Waals surface area contributed by atoms with Gasteiger partial charge in [-0.25, -0.2) is 0 Å². The Morgan fingerprint density at radius 1 is 1.52 bits per heavy atom. The number of amides is 1. The number of likely N-dealkylation sites (N-methyl/N-ethyl adjacent to an activating group) is 1. The number of thiocarbonyl (C=S) groups is 1. The predicted molar refractivity (Wildman–Crippen MR) is 91.3 cm³/mol. The fourth-order valence-electron chi connectivity index (χ4n) is 3.57. The molecule has 0 unspecified atom stereocenters. The number of carbonyl (C=O) groups excluding carboxylic acids is 1. The topological polar surface area (TPSA) is 67.6 Å². The van der Waals surface area contributed by atoms with Crippen molar-refractivity contribution in [2.24, 2.45) is 0 Å². The summed E-state index contributed by atoms with van der Waals surface area (Å²) in [5.74, 6) is -0.223. The first kappa shape index (κ1) is 16.2. The summed E-state index contributed by atoms with van der Waals surface area (Å²) < 4.78 is 0. The zero-order valence-corrected chi connectivity index (χ0v) is 14.4. The maximum absolute atomic E-state index is 13.1. The third-order valence-corrected chi connectivity index (χ3v) is 5.90. The molecular weight excluding hydrogens is 334 g/mol. The van der Waals surface area contributed by atoms with Crippen LogP contribution in [0.2, 0.25) is 5.02 Å². The van der Waals surface area contributed by atoms with Crippen molar-refractivity contribution >= 4 is 40.5 Å². The van der Waals surface area contributed by atoms with E-state index >= 15 is 0 Å². The van der Waals surface area contributed by atoms with Crippen LogP contribution in [0.5, 0.6) is 0 Å². The van der Waals surface area contributed by atoms with Crippen LogP contribution in [0.25, 0.3) is 0 Å². The van der Waals surface area contributed by atoms with E-state index < -0.39 is 11.6 Å². The second-order valence-electron chi connectivity index (χ2n) is 6.00. The first-order valence-electron chi connectivity index (χ1n) is 7.36. The number of nitrogens with zero attached hydrogens (tertiary/aromatic N) is 3. The third kappa shape index (κ3) is 2.01. The molecule has 3 rings (SSSR count). The number of halogens is 1. The number of rotatable bonds is 1. The summed E-state index contributed by atoms with van der Waals surface area (Å²) in [7, 11) is 1.75. The molecule has 1 N–H and O–H groups in total.